The fraction of sp³-hybridized carbons (Fsp3) is 0.378. The first-order valence-electron chi connectivity index (χ1n) is 21.3. The normalized spacial score (nSPS) is 14.8. The summed E-state index contributed by atoms with van der Waals surface area (Å²) < 4.78 is 7.95. The summed E-state index contributed by atoms with van der Waals surface area (Å²) in [5, 5.41) is 16.0. The highest BCUT2D eigenvalue weighted by Crippen LogP contribution is 2.28. The molecule has 0 aliphatic carbocycles. The lowest BCUT2D eigenvalue weighted by Crippen LogP contribution is -2.40. The summed E-state index contributed by atoms with van der Waals surface area (Å²) in [6, 6.07) is 28.4. The molecule has 17 nitrogen and oxygen atoms in total. The summed E-state index contributed by atoms with van der Waals surface area (Å²) in [5.41, 5.74) is 4.38. The van der Waals surface area contributed by atoms with Gasteiger partial charge in [-0.3, -0.25) is 37.4 Å². The Kier molecular flexibility index (Phi) is 12.9. The first kappa shape index (κ1) is 42.1. The maximum Gasteiger partial charge on any atom is 0.332 e. The molecule has 0 saturated carbocycles. The number of hydrogen-bond acceptors (Lipinski definition) is 11. The maximum atomic E-state index is 13.4. The van der Waals surface area contributed by atoms with Gasteiger partial charge in [0.2, 0.25) is 11.9 Å². The molecule has 0 atom stereocenters. The zero-order chi connectivity index (χ0) is 43.2. The van der Waals surface area contributed by atoms with Gasteiger partial charge in [-0.1, -0.05) is 84.9 Å². The number of aryl methyl sites for hydroxylation is 2. The standard InChI is InChI=1S/C24H26N6O2.C21H28N6O3/c1-28-21-20(22(31)27-24(28)32)30(23(26-21)29-14-7-12-25-13-15-29)16-18-10-5-6-11-19(18)17-8-3-2-4-9-17;1-24-18-17(19(29)26(21(24)30)12-6-14-28)27(15-16-7-3-2-4-8-16)20(23-18)25-11-5-9-22-10-13-25/h2-6,8-11,25H,7,12-16H2,1H3,(H,27,31,32);2-4,7-8,22,28H,5-6,9-15H2,1H3. The van der Waals surface area contributed by atoms with Gasteiger partial charge in [0, 0.05) is 66.5 Å². The monoisotopic (exact) mass is 842 g/mol. The third-order valence-corrected chi connectivity index (χ3v) is 11.6. The van der Waals surface area contributed by atoms with Gasteiger partial charge < -0.3 is 25.5 Å². The number of aliphatic hydroxyl groups excluding tert-OH is 1. The van der Waals surface area contributed by atoms with Crippen molar-refractivity contribution in [1.82, 2.24) is 48.4 Å². The lowest BCUT2D eigenvalue weighted by atomic mass is 10.00. The summed E-state index contributed by atoms with van der Waals surface area (Å²) in [6.07, 6.45) is 2.31. The number of fused-ring (bicyclic) bond motifs is 2. The smallest absolute Gasteiger partial charge is 0.332 e. The predicted molar refractivity (Wildman–Crippen MR) is 242 cm³/mol. The van der Waals surface area contributed by atoms with E-state index in [0.717, 1.165) is 93.4 Å². The Morgan fingerprint density at radius 3 is 1.85 bits per heavy atom. The van der Waals surface area contributed by atoms with Crippen LogP contribution in [-0.2, 0) is 33.7 Å². The molecule has 2 fully saturated rings. The molecule has 17 heteroatoms. The summed E-state index contributed by atoms with van der Waals surface area (Å²) >= 11 is 0. The van der Waals surface area contributed by atoms with Gasteiger partial charge in [0.15, 0.2) is 22.3 Å². The Hall–Kier alpha value is -6.56. The van der Waals surface area contributed by atoms with Crippen molar-refractivity contribution in [1.29, 1.82) is 0 Å². The molecule has 6 heterocycles. The molecule has 9 rings (SSSR count). The van der Waals surface area contributed by atoms with E-state index in [-0.39, 0.29) is 18.7 Å². The first-order chi connectivity index (χ1) is 30.2. The SMILES string of the molecule is Cn1c(=O)[nH]c(=O)c2c1nc(N1CCCNCC1)n2Cc1ccccc1-c1ccccc1.Cn1c(=O)n(CCCO)c(=O)c2c1nc(N1CCCNCC1)n2Cc1ccccc1. The van der Waals surface area contributed by atoms with Crippen LogP contribution < -0.4 is 42.9 Å². The number of rotatable bonds is 10. The molecule has 2 aliphatic rings. The van der Waals surface area contributed by atoms with Crippen LogP contribution in [0.2, 0.25) is 0 Å². The second-order valence-electron chi connectivity index (χ2n) is 15.7. The Bertz CT molecular complexity index is 2880. The summed E-state index contributed by atoms with van der Waals surface area (Å²) in [6.45, 7) is 7.88. The number of nitrogens with zero attached hydrogens (tertiary/aromatic N) is 9. The van der Waals surface area contributed by atoms with Gasteiger partial charge in [0.05, 0.1) is 13.1 Å². The Morgan fingerprint density at radius 1 is 0.629 bits per heavy atom. The molecular weight excluding hydrogens is 789 g/mol. The average molecular weight is 843 g/mol. The molecule has 3 aromatic carbocycles. The number of imidazole rings is 2. The second kappa shape index (κ2) is 19.0. The van der Waals surface area contributed by atoms with Gasteiger partial charge in [0.1, 0.15) is 0 Å². The van der Waals surface area contributed by atoms with Crippen LogP contribution >= 0.6 is 0 Å². The minimum Gasteiger partial charge on any atom is -0.396 e. The molecule has 0 radical (unpaired) electrons. The van der Waals surface area contributed by atoms with Gasteiger partial charge in [0.25, 0.3) is 11.1 Å². The van der Waals surface area contributed by atoms with E-state index in [4.69, 9.17) is 9.97 Å². The summed E-state index contributed by atoms with van der Waals surface area (Å²) in [5.74, 6) is 1.43. The molecule has 4 N–H and O–H groups in total. The van der Waals surface area contributed by atoms with Gasteiger partial charge in [-0.25, -0.2) is 9.59 Å². The van der Waals surface area contributed by atoms with Crippen molar-refractivity contribution in [3.8, 4) is 11.1 Å². The number of aromatic nitrogens is 8. The molecule has 7 aromatic rings. The first-order valence-corrected chi connectivity index (χ1v) is 21.3. The van der Waals surface area contributed by atoms with Crippen molar-refractivity contribution in [3.05, 3.63) is 138 Å². The highest BCUT2D eigenvalue weighted by molar-refractivity contribution is 5.76. The van der Waals surface area contributed by atoms with E-state index < -0.39 is 16.9 Å². The van der Waals surface area contributed by atoms with Crippen LogP contribution in [-0.4, -0.2) is 102 Å². The molecule has 0 spiro atoms. The van der Waals surface area contributed by atoms with E-state index in [2.05, 4.69) is 49.7 Å². The van der Waals surface area contributed by atoms with E-state index in [9.17, 15) is 24.3 Å². The van der Waals surface area contributed by atoms with E-state index in [1.54, 1.807) is 14.1 Å². The van der Waals surface area contributed by atoms with Crippen LogP contribution in [0.3, 0.4) is 0 Å². The van der Waals surface area contributed by atoms with E-state index in [1.165, 1.54) is 13.7 Å². The Labute approximate surface area is 357 Å². The van der Waals surface area contributed by atoms with Crippen LogP contribution in [0, 0.1) is 0 Å². The largest absolute Gasteiger partial charge is 0.396 e. The number of nitrogens with one attached hydrogen (secondary N) is 3. The van der Waals surface area contributed by atoms with Crippen LogP contribution in [0.25, 0.3) is 33.5 Å². The van der Waals surface area contributed by atoms with Crippen molar-refractivity contribution in [2.24, 2.45) is 14.1 Å². The summed E-state index contributed by atoms with van der Waals surface area (Å²) in [4.78, 5) is 67.7. The molecule has 0 amide bonds. The topological polar surface area (TPSA) is 185 Å². The fourth-order valence-electron chi connectivity index (χ4n) is 8.38. The second-order valence-corrected chi connectivity index (χ2v) is 15.7. The van der Waals surface area contributed by atoms with E-state index >= 15 is 0 Å². The van der Waals surface area contributed by atoms with Crippen LogP contribution in [0.5, 0.6) is 0 Å². The average Bonchev–Trinajstić information content (AvgIpc) is 3.56. The van der Waals surface area contributed by atoms with Gasteiger partial charge >= 0.3 is 11.4 Å². The molecule has 2 aliphatic heterocycles. The Morgan fingerprint density at radius 2 is 1.21 bits per heavy atom. The molecule has 324 valence electrons. The quantitative estimate of drug-likeness (QED) is 0.158. The van der Waals surface area contributed by atoms with E-state index in [0.29, 0.717) is 47.8 Å². The van der Waals surface area contributed by atoms with Gasteiger partial charge in [-0.05, 0) is 54.6 Å². The van der Waals surface area contributed by atoms with Crippen LogP contribution in [0.4, 0.5) is 11.9 Å². The highest BCUT2D eigenvalue weighted by atomic mass is 16.3. The van der Waals surface area contributed by atoms with Crippen LogP contribution in [0.15, 0.2) is 104 Å². The number of benzene rings is 3. The number of hydrogen-bond donors (Lipinski definition) is 4. The minimum atomic E-state index is -0.457. The fourth-order valence-corrected chi connectivity index (χ4v) is 8.38. The number of anilines is 2. The molecular formula is C45H54N12O5. The maximum absolute atomic E-state index is 13.4. The van der Waals surface area contributed by atoms with Crippen molar-refractivity contribution < 1.29 is 5.11 Å². The third-order valence-electron chi connectivity index (χ3n) is 11.6. The van der Waals surface area contributed by atoms with Crippen molar-refractivity contribution >= 4 is 34.2 Å². The number of aliphatic hydroxyl groups is 1. The van der Waals surface area contributed by atoms with Gasteiger partial charge in [-0.15, -0.1) is 0 Å². The molecule has 62 heavy (non-hydrogen) atoms. The lowest BCUT2D eigenvalue weighted by molar-refractivity contribution is 0.277. The zero-order valence-electron chi connectivity index (χ0n) is 35.3. The van der Waals surface area contributed by atoms with Crippen LogP contribution in [0.1, 0.15) is 30.4 Å². The molecule has 0 unspecified atom stereocenters. The molecule has 4 aromatic heterocycles. The Balaban J connectivity index is 0.000000171. The molecule has 2 saturated heterocycles. The minimum absolute atomic E-state index is 0.0804. The van der Waals surface area contributed by atoms with Crippen molar-refractivity contribution in [3.63, 3.8) is 0 Å². The predicted octanol–water partition coefficient (Wildman–Crippen LogP) is 2.07. The van der Waals surface area contributed by atoms with E-state index in [1.807, 2.05) is 69.8 Å². The van der Waals surface area contributed by atoms with Crippen molar-refractivity contribution in [2.45, 2.75) is 38.9 Å². The van der Waals surface area contributed by atoms with Gasteiger partial charge in [-0.2, -0.15) is 9.97 Å². The zero-order valence-corrected chi connectivity index (χ0v) is 35.3. The lowest BCUT2D eigenvalue weighted by Gasteiger charge is -2.23. The highest BCUT2D eigenvalue weighted by Gasteiger charge is 2.25. The number of aromatic amines is 1. The van der Waals surface area contributed by atoms with Crippen molar-refractivity contribution in [2.75, 3.05) is 68.8 Å². The summed E-state index contributed by atoms with van der Waals surface area (Å²) in [7, 11) is 3.29. The third kappa shape index (κ3) is 8.64. The number of H-pyrrole nitrogens is 1. The molecule has 0 bridgehead atoms.